The van der Waals surface area contributed by atoms with Crippen LogP contribution in [0, 0.1) is 10.1 Å². The molecule has 7 nitrogen and oxygen atoms in total. The van der Waals surface area contributed by atoms with Crippen molar-refractivity contribution >= 4 is 34.0 Å². The lowest BCUT2D eigenvalue weighted by atomic mass is 9.93. The average Bonchev–Trinajstić information content (AvgIpc) is 3.39. The molecule has 1 N–H and O–H groups in total. The summed E-state index contributed by atoms with van der Waals surface area (Å²) in [6.07, 6.45) is 5.67. The first-order chi connectivity index (χ1) is 17.4. The molecule has 0 spiro atoms. The van der Waals surface area contributed by atoms with Gasteiger partial charge < -0.3 is 14.5 Å². The molecule has 182 valence electrons. The zero-order chi connectivity index (χ0) is 25.5. The van der Waals surface area contributed by atoms with Crippen molar-refractivity contribution in [2.24, 2.45) is 0 Å². The highest BCUT2D eigenvalue weighted by atomic mass is 35.5. The van der Waals surface area contributed by atoms with E-state index in [1.165, 1.54) is 16.3 Å². The van der Waals surface area contributed by atoms with E-state index in [0.717, 1.165) is 16.9 Å². The molecule has 1 atom stereocenters. The van der Waals surface area contributed by atoms with E-state index in [0.29, 0.717) is 16.7 Å². The summed E-state index contributed by atoms with van der Waals surface area (Å²) < 4.78 is 8.10. The Morgan fingerprint density at radius 1 is 1.00 bits per heavy atom. The molecular formula is C27H21Cl2N3O4. The summed E-state index contributed by atoms with van der Waals surface area (Å²) in [4.78, 5) is 12.6. The van der Waals surface area contributed by atoms with Crippen LogP contribution in [0.25, 0.3) is 10.8 Å². The van der Waals surface area contributed by atoms with Crippen molar-refractivity contribution in [1.82, 2.24) is 9.55 Å². The third-order valence-corrected chi connectivity index (χ3v) is 6.13. The largest absolute Gasteiger partial charge is 0.489 e. The minimum absolute atomic E-state index is 0.00311. The van der Waals surface area contributed by atoms with Crippen LogP contribution in [-0.2, 0) is 6.61 Å². The van der Waals surface area contributed by atoms with Gasteiger partial charge in [0.1, 0.15) is 12.4 Å². The number of ether oxygens (including phenoxy) is 1. The Morgan fingerprint density at radius 2 is 1.72 bits per heavy atom. The van der Waals surface area contributed by atoms with Crippen LogP contribution in [0.3, 0.4) is 0 Å². The maximum Gasteiger partial charge on any atom is 0.291 e. The van der Waals surface area contributed by atoms with Crippen molar-refractivity contribution in [3.05, 3.63) is 141 Å². The molecule has 0 saturated carbocycles. The number of halogens is 2. The fraction of sp³-hybridized carbons (Fsp3) is 0.0741. The smallest absolute Gasteiger partial charge is 0.291 e. The van der Waals surface area contributed by atoms with Gasteiger partial charge in [0.2, 0.25) is 0 Å². The second kappa shape index (κ2) is 11.6. The summed E-state index contributed by atoms with van der Waals surface area (Å²) in [6.45, 7) is 0.379. The van der Waals surface area contributed by atoms with E-state index in [-0.39, 0.29) is 6.04 Å². The lowest BCUT2D eigenvalue weighted by molar-refractivity contribution is -0.742. The van der Waals surface area contributed by atoms with Crippen molar-refractivity contribution in [3.63, 3.8) is 0 Å². The van der Waals surface area contributed by atoms with Crippen LogP contribution in [0.4, 0.5) is 0 Å². The molecule has 9 heteroatoms. The zero-order valence-corrected chi connectivity index (χ0v) is 20.4. The molecule has 36 heavy (non-hydrogen) atoms. The first-order valence-corrected chi connectivity index (χ1v) is 11.6. The predicted molar refractivity (Wildman–Crippen MR) is 139 cm³/mol. The predicted octanol–water partition coefficient (Wildman–Crippen LogP) is 7.21. The zero-order valence-electron chi connectivity index (χ0n) is 18.9. The number of aromatic nitrogens is 2. The van der Waals surface area contributed by atoms with E-state index in [9.17, 15) is 0 Å². The highest BCUT2D eigenvalue weighted by molar-refractivity contribution is 6.35. The minimum Gasteiger partial charge on any atom is -0.489 e. The molecule has 1 aromatic heterocycles. The van der Waals surface area contributed by atoms with Gasteiger partial charge in [-0.3, -0.25) is 0 Å². The van der Waals surface area contributed by atoms with Gasteiger partial charge in [-0.25, -0.2) is 4.98 Å². The molecule has 0 radical (unpaired) electrons. The molecular weight excluding hydrogens is 501 g/mol. The summed E-state index contributed by atoms with van der Waals surface area (Å²) in [6, 6.07) is 28.5. The molecule has 1 unspecified atom stereocenters. The maximum atomic E-state index is 8.36. The number of imidazole rings is 1. The highest BCUT2D eigenvalue weighted by Gasteiger charge is 2.18. The van der Waals surface area contributed by atoms with Gasteiger partial charge >= 0.3 is 0 Å². The van der Waals surface area contributed by atoms with Gasteiger partial charge in [-0.05, 0) is 46.2 Å². The monoisotopic (exact) mass is 521 g/mol. The molecule has 0 saturated heterocycles. The van der Waals surface area contributed by atoms with Crippen molar-refractivity contribution < 1.29 is 15.0 Å². The SMILES string of the molecule is Clc1ccc(COc2ccc(C(c3cccc4ccccc34)n3ccnc3)cc2)c(Cl)c1.O=[N+]([O-])O. The standard InChI is InChI=1S/C27H20Cl2N2O.HNO3/c28-22-11-8-21(26(29)16-22)17-32-23-12-9-20(10-13-23)27(31-15-14-30-18-31)25-7-3-5-19-4-1-2-6-24(19)25;2-1(3)4/h1-16,18,27H,17H2;(H,2,3,4). The van der Waals surface area contributed by atoms with Gasteiger partial charge in [0.25, 0.3) is 5.09 Å². The van der Waals surface area contributed by atoms with E-state index in [1.807, 2.05) is 43.0 Å². The molecule has 4 aromatic carbocycles. The summed E-state index contributed by atoms with van der Waals surface area (Å²) in [5.74, 6) is 0.780. The number of benzene rings is 4. The number of nitrogens with zero attached hydrogens (tertiary/aromatic N) is 3. The molecule has 5 rings (SSSR count). The van der Waals surface area contributed by atoms with Crippen LogP contribution < -0.4 is 4.74 Å². The second-order valence-corrected chi connectivity index (χ2v) is 8.66. The Hall–Kier alpha value is -4.07. The Morgan fingerprint density at radius 3 is 2.42 bits per heavy atom. The third-order valence-electron chi connectivity index (χ3n) is 5.55. The molecule has 0 fully saturated rings. The fourth-order valence-electron chi connectivity index (χ4n) is 3.97. The lowest BCUT2D eigenvalue weighted by Crippen LogP contribution is -2.11. The topological polar surface area (TPSA) is 90.4 Å². The van der Waals surface area contributed by atoms with Gasteiger partial charge in [-0.1, -0.05) is 83.9 Å². The summed E-state index contributed by atoms with van der Waals surface area (Å²) in [5, 5.41) is 17.3. The molecule has 0 aliphatic rings. The van der Waals surface area contributed by atoms with E-state index in [1.54, 1.807) is 6.07 Å². The van der Waals surface area contributed by atoms with Gasteiger partial charge in [0.15, 0.2) is 0 Å². The minimum atomic E-state index is -1.50. The quantitative estimate of drug-likeness (QED) is 0.188. The highest BCUT2D eigenvalue weighted by Crippen LogP contribution is 2.33. The van der Waals surface area contributed by atoms with Crippen LogP contribution in [0.15, 0.2) is 104 Å². The van der Waals surface area contributed by atoms with E-state index in [4.69, 9.17) is 43.3 Å². The summed E-state index contributed by atoms with van der Waals surface area (Å²) in [5.41, 5.74) is 3.27. The van der Waals surface area contributed by atoms with Gasteiger partial charge in [0, 0.05) is 28.0 Å². The second-order valence-electron chi connectivity index (χ2n) is 7.81. The normalized spacial score (nSPS) is 11.4. The van der Waals surface area contributed by atoms with Gasteiger partial charge in [-0.15, -0.1) is 10.1 Å². The molecule has 0 amide bonds. The average molecular weight is 522 g/mol. The first kappa shape index (κ1) is 25.0. The number of hydrogen-bond donors (Lipinski definition) is 1. The van der Waals surface area contributed by atoms with Crippen molar-refractivity contribution in [3.8, 4) is 5.75 Å². The Bertz CT molecular complexity index is 1450. The van der Waals surface area contributed by atoms with Gasteiger partial charge in [-0.2, -0.15) is 0 Å². The van der Waals surface area contributed by atoms with Gasteiger partial charge in [0.05, 0.1) is 12.4 Å². The lowest BCUT2D eigenvalue weighted by Gasteiger charge is -2.22. The summed E-state index contributed by atoms with van der Waals surface area (Å²) >= 11 is 12.2. The van der Waals surface area contributed by atoms with Crippen LogP contribution in [0.2, 0.25) is 10.0 Å². The molecule has 5 aromatic rings. The van der Waals surface area contributed by atoms with Crippen molar-refractivity contribution in [2.45, 2.75) is 12.6 Å². The molecule has 0 aliphatic heterocycles. The third kappa shape index (κ3) is 6.13. The Kier molecular flexibility index (Phi) is 8.05. The fourth-order valence-corrected chi connectivity index (χ4v) is 4.43. The van der Waals surface area contributed by atoms with E-state index >= 15 is 0 Å². The molecule has 0 bridgehead atoms. The van der Waals surface area contributed by atoms with Crippen LogP contribution in [0.1, 0.15) is 22.7 Å². The van der Waals surface area contributed by atoms with E-state index in [2.05, 4.69) is 64.1 Å². The first-order valence-electron chi connectivity index (χ1n) is 10.9. The number of rotatable bonds is 6. The Balaban J connectivity index is 0.000000709. The number of fused-ring (bicyclic) bond motifs is 1. The molecule has 1 heterocycles. The Labute approximate surface area is 217 Å². The van der Waals surface area contributed by atoms with E-state index < -0.39 is 5.09 Å². The summed E-state index contributed by atoms with van der Waals surface area (Å²) in [7, 11) is 0. The van der Waals surface area contributed by atoms with Crippen LogP contribution >= 0.6 is 23.2 Å². The molecule has 0 aliphatic carbocycles. The van der Waals surface area contributed by atoms with Crippen LogP contribution in [-0.4, -0.2) is 19.8 Å². The van der Waals surface area contributed by atoms with Crippen molar-refractivity contribution in [2.75, 3.05) is 0 Å². The maximum absolute atomic E-state index is 8.36. The number of hydrogen-bond acceptors (Lipinski definition) is 4. The van der Waals surface area contributed by atoms with Crippen LogP contribution in [0.5, 0.6) is 5.75 Å². The van der Waals surface area contributed by atoms with Crippen molar-refractivity contribution in [1.29, 1.82) is 0 Å².